The van der Waals surface area contributed by atoms with Crippen molar-refractivity contribution in [1.82, 2.24) is 5.32 Å². The van der Waals surface area contributed by atoms with Gasteiger partial charge in [0.15, 0.2) is 17.5 Å². The zero-order valence-electron chi connectivity index (χ0n) is 15.0. The molecular formula is C19H18ClF3N2O3. The van der Waals surface area contributed by atoms with Crippen LogP contribution in [0.25, 0.3) is 0 Å². The first-order valence-electron chi connectivity index (χ1n) is 8.37. The van der Waals surface area contributed by atoms with Crippen molar-refractivity contribution in [2.24, 2.45) is 0 Å². The standard InChI is InChI=1S/C19H18ClF3N2O3/c1-11-9-12(20)4-7-15(11)28-8-2-3-16(26)24-10-17(27)25-14-6-5-13(21)18(22)19(14)23/h4-7,9H,2-3,8,10H2,1H3,(H,24,26)(H,25,27). The Bertz CT molecular complexity index is 878. The van der Waals surface area contributed by atoms with E-state index in [2.05, 4.69) is 10.6 Å². The number of aryl methyl sites for hydroxylation is 1. The van der Waals surface area contributed by atoms with E-state index in [0.29, 0.717) is 29.9 Å². The first-order valence-corrected chi connectivity index (χ1v) is 8.74. The van der Waals surface area contributed by atoms with Crippen LogP contribution in [0.4, 0.5) is 18.9 Å². The van der Waals surface area contributed by atoms with Crippen LogP contribution < -0.4 is 15.4 Å². The van der Waals surface area contributed by atoms with Gasteiger partial charge < -0.3 is 15.4 Å². The second kappa shape index (κ2) is 9.98. The molecule has 0 saturated heterocycles. The number of benzene rings is 2. The van der Waals surface area contributed by atoms with Crippen LogP contribution in [0, 0.1) is 24.4 Å². The fourth-order valence-electron chi connectivity index (χ4n) is 2.27. The lowest BCUT2D eigenvalue weighted by molar-refractivity contribution is -0.124. The zero-order chi connectivity index (χ0) is 20.7. The Labute approximate surface area is 164 Å². The molecule has 0 aliphatic heterocycles. The maximum Gasteiger partial charge on any atom is 0.243 e. The van der Waals surface area contributed by atoms with Crippen LogP contribution in [0.3, 0.4) is 0 Å². The number of hydrogen-bond donors (Lipinski definition) is 2. The molecule has 0 aliphatic rings. The summed E-state index contributed by atoms with van der Waals surface area (Å²) in [5, 5.41) is 5.02. The molecule has 150 valence electrons. The first-order chi connectivity index (χ1) is 13.3. The number of ether oxygens (including phenoxy) is 1. The van der Waals surface area contributed by atoms with Crippen LogP contribution in [0.5, 0.6) is 5.75 Å². The van der Waals surface area contributed by atoms with E-state index in [1.54, 1.807) is 18.2 Å². The third-order valence-electron chi connectivity index (χ3n) is 3.70. The van der Waals surface area contributed by atoms with Gasteiger partial charge >= 0.3 is 0 Å². The highest BCUT2D eigenvalue weighted by molar-refractivity contribution is 6.30. The fraction of sp³-hybridized carbons (Fsp3) is 0.263. The number of rotatable bonds is 8. The fourth-order valence-corrected chi connectivity index (χ4v) is 2.50. The molecule has 0 fully saturated rings. The summed E-state index contributed by atoms with van der Waals surface area (Å²) < 4.78 is 45.0. The summed E-state index contributed by atoms with van der Waals surface area (Å²) in [4.78, 5) is 23.4. The summed E-state index contributed by atoms with van der Waals surface area (Å²) in [5.74, 6) is -5.06. The van der Waals surface area contributed by atoms with Crippen LogP contribution in [0.1, 0.15) is 18.4 Å². The highest BCUT2D eigenvalue weighted by Gasteiger charge is 2.15. The molecule has 0 spiro atoms. The number of amides is 2. The van der Waals surface area contributed by atoms with E-state index < -0.39 is 41.5 Å². The van der Waals surface area contributed by atoms with Gasteiger partial charge in [0.05, 0.1) is 18.8 Å². The Hall–Kier alpha value is -2.74. The zero-order valence-corrected chi connectivity index (χ0v) is 15.7. The maximum atomic E-state index is 13.5. The number of carbonyl (C=O) groups is 2. The SMILES string of the molecule is Cc1cc(Cl)ccc1OCCCC(=O)NCC(=O)Nc1ccc(F)c(F)c1F. The molecule has 2 rings (SSSR count). The van der Waals surface area contributed by atoms with E-state index in [1.165, 1.54) is 0 Å². The summed E-state index contributed by atoms with van der Waals surface area (Å²) in [7, 11) is 0. The minimum absolute atomic E-state index is 0.111. The number of carbonyl (C=O) groups excluding carboxylic acids is 2. The van der Waals surface area contributed by atoms with Gasteiger partial charge in [0.1, 0.15) is 5.75 Å². The molecule has 0 saturated carbocycles. The Balaban J connectivity index is 1.69. The molecule has 28 heavy (non-hydrogen) atoms. The van der Waals surface area contributed by atoms with Crippen LogP contribution in [0.15, 0.2) is 30.3 Å². The first kappa shape index (κ1) is 21.6. The third kappa shape index (κ3) is 6.16. The van der Waals surface area contributed by atoms with Gasteiger partial charge in [-0.3, -0.25) is 9.59 Å². The van der Waals surface area contributed by atoms with Crippen molar-refractivity contribution in [3.05, 3.63) is 58.4 Å². The topological polar surface area (TPSA) is 67.4 Å². The van der Waals surface area contributed by atoms with Gasteiger partial charge in [0.25, 0.3) is 0 Å². The Morgan fingerprint density at radius 3 is 2.54 bits per heavy atom. The minimum atomic E-state index is -1.68. The number of anilines is 1. The molecule has 5 nitrogen and oxygen atoms in total. The summed E-state index contributed by atoms with van der Waals surface area (Å²) in [6.07, 6.45) is 0.521. The van der Waals surface area contributed by atoms with E-state index in [-0.39, 0.29) is 6.42 Å². The lowest BCUT2D eigenvalue weighted by Gasteiger charge is -2.10. The predicted molar refractivity (Wildman–Crippen MR) is 98.9 cm³/mol. The van der Waals surface area contributed by atoms with Gasteiger partial charge in [-0.25, -0.2) is 13.2 Å². The number of halogens is 4. The van der Waals surface area contributed by atoms with Gasteiger partial charge in [0, 0.05) is 11.4 Å². The average molecular weight is 415 g/mol. The van der Waals surface area contributed by atoms with Crippen LogP contribution >= 0.6 is 11.6 Å². The van der Waals surface area contributed by atoms with Gasteiger partial charge in [-0.05, 0) is 49.2 Å². The number of hydrogen-bond acceptors (Lipinski definition) is 3. The molecule has 0 aromatic heterocycles. The van der Waals surface area contributed by atoms with E-state index in [1.807, 2.05) is 6.92 Å². The molecule has 2 amide bonds. The lowest BCUT2D eigenvalue weighted by atomic mass is 10.2. The van der Waals surface area contributed by atoms with Crippen molar-refractivity contribution in [2.45, 2.75) is 19.8 Å². The molecule has 0 aliphatic carbocycles. The summed E-state index contributed by atoms with van der Waals surface area (Å²) in [6.45, 7) is 1.71. The molecule has 0 radical (unpaired) electrons. The van der Waals surface area contributed by atoms with Crippen molar-refractivity contribution in [3.8, 4) is 5.75 Å². The van der Waals surface area contributed by atoms with Crippen LogP contribution in [-0.2, 0) is 9.59 Å². The highest BCUT2D eigenvalue weighted by atomic mass is 35.5. The second-order valence-electron chi connectivity index (χ2n) is 5.91. The third-order valence-corrected chi connectivity index (χ3v) is 3.93. The lowest BCUT2D eigenvalue weighted by Crippen LogP contribution is -2.33. The van der Waals surface area contributed by atoms with E-state index in [9.17, 15) is 22.8 Å². The summed E-state index contributed by atoms with van der Waals surface area (Å²) >= 11 is 5.86. The average Bonchev–Trinajstić information content (AvgIpc) is 2.65. The molecule has 0 unspecified atom stereocenters. The summed E-state index contributed by atoms with van der Waals surface area (Å²) in [5.41, 5.74) is 0.364. The largest absolute Gasteiger partial charge is 0.493 e. The van der Waals surface area contributed by atoms with Gasteiger partial charge in [-0.15, -0.1) is 0 Å². The quantitative estimate of drug-likeness (QED) is 0.507. The van der Waals surface area contributed by atoms with E-state index in [0.717, 1.165) is 11.6 Å². The van der Waals surface area contributed by atoms with Crippen LogP contribution in [-0.4, -0.2) is 25.0 Å². The van der Waals surface area contributed by atoms with E-state index in [4.69, 9.17) is 16.3 Å². The normalized spacial score (nSPS) is 10.5. The number of nitrogens with one attached hydrogen (secondary N) is 2. The molecule has 9 heteroatoms. The second-order valence-corrected chi connectivity index (χ2v) is 6.35. The van der Waals surface area contributed by atoms with E-state index >= 15 is 0 Å². The smallest absolute Gasteiger partial charge is 0.243 e. The van der Waals surface area contributed by atoms with Crippen molar-refractivity contribution in [3.63, 3.8) is 0 Å². The van der Waals surface area contributed by atoms with Crippen molar-refractivity contribution in [2.75, 3.05) is 18.5 Å². The maximum absolute atomic E-state index is 13.5. The van der Waals surface area contributed by atoms with Crippen LogP contribution in [0.2, 0.25) is 5.02 Å². The Morgan fingerprint density at radius 1 is 1.07 bits per heavy atom. The minimum Gasteiger partial charge on any atom is -0.493 e. The van der Waals surface area contributed by atoms with Crippen molar-refractivity contribution >= 4 is 29.1 Å². The molecule has 0 bridgehead atoms. The predicted octanol–water partition coefficient (Wildman–Crippen LogP) is 3.98. The van der Waals surface area contributed by atoms with Crippen molar-refractivity contribution < 1.29 is 27.5 Å². The Morgan fingerprint density at radius 2 is 1.82 bits per heavy atom. The monoisotopic (exact) mass is 414 g/mol. The molecule has 2 N–H and O–H groups in total. The molecular weight excluding hydrogens is 397 g/mol. The molecule has 0 atom stereocenters. The van der Waals surface area contributed by atoms with Gasteiger partial charge in [0.2, 0.25) is 11.8 Å². The van der Waals surface area contributed by atoms with Gasteiger partial charge in [-0.2, -0.15) is 0 Å². The highest BCUT2D eigenvalue weighted by Crippen LogP contribution is 2.22. The van der Waals surface area contributed by atoms with Gasteiger partial charge in [-0.1, -0.05) is 11.6 Å². The van der Waals surface area contributed by atoms with Crippen molar-refractivity contribution in [1.29, 1.82) is 0 Å². The summed E-state index contributed by atoms with van der Waals surface area (Å²) in [6, 6.07) is 6.78. The molecule has 2 aromatic rings. The Kier molecular flexibility index (Phi) is 7.69. The molecule has 0 heterocycles. The molecule has 2 aromatic carbocycles.